The number of nitrogens with zero attached hydrogens (tertiary/aromatic N) is 3. The molecule has 26 heavy (non-hydrogen) atoms. The van der Waals surface area contributed by atoms with E-state index in [-0.39, 0.29) is 0 Å². The summed E-state index contributed by atoms with van der Waals surface area (Å²) in [4.78, 5) is 7.17. The Bertz CT molecular complexity index is 518. The summed E-state index contributed by atoms with van der Waals surface area (Å²) in [7, 11) is -3.06. The van der Waals surface area contributed by atoms with Crippen molar-refractivity contribution in [3.63, 3.8) is 0 Å². The van der Waals surface area contributed by atoms with Crippen molar-refractivity contribution in [2.45, 2.75) is 59.5 Å². The molecule has 1 rings (SSSR count). The van der Waals surface area contributed by atoms with Crippen molar-refractivity contribution in [2.75, 3.05) is 45.5 Å². The quantitative estimate of drug-likeness (QED) is 0.460. The molecule has 0 aromatic rings. The number of rotatable bonds is 9. The number of guanidine groups is 1. The Balaban J connectivity index is 2.46. The summed E-state index contributed by atoms with van der Waals surface area (Å²) in [6.45, 7) is 15.6. The molecule has 0 atom stereocenters. The third-order valence-electron chi connectivity index (χ3n) is 4.88. The van der Waals surface area contributed by atoms with Crippen molar-refractivity contribution in [1.82, 2.24) is 19.8 Å². The second kappa shape index (κ2) is 11.1. The fourth-order valence-corrected chi connectivity index (χ4v) is 4.28. The van der Waals surface area contributed by atoms with E-state index in [1.165, 1.54) is 6.26 Å². The maximum absolute atomic E-state index is 11.6. The van der Waals surface area contributed by atoms with E-state index in [4.69, 9.17) is 4.99 Å². The van der Waals surface area contributed by atoms with E-state index in [1.807, 2.05) is 0 Å². The number of piperidine rings is 1. The van der Waals surface area contributed by atoms with Crippen LogP contribution in [0.15, 0.2) is 4.99 Å². The lowest BCUT2D eigenvalue weighted by atomic mass is 9.98. The predicted molar refractivity (Wildman–Crippen MR) is 110 cm³/mol. The Hall–Kier alpha value is -0.860. The van der Waals surface area contributed by atoms with Crippen LogP contribution in [0.2, 0.25) is 0 Å². The number of sulfonamides is 1. The van der Waals surface area contributed by atoms with Crippen LogP contribution in [-0.4, -0.2) is 81.2 Å². The van der Waals surface area contributed by atoms with Gasteiger partial charge in [0, 0.05) is 51.4 Å². The van der Waals surface area contributed by atoms with E-state index >= 15 is 0 Å². The van der Waals surface area contributed by atoms with Gasteiger partial charge in [-0.25, -0.2) is 12.7 Å². The summed E-state index contributed by atoms with van der Waals surface area (Å²) in [5.74, 6) is 1.30. The highest BCUT2D eigenvalue weighted by Crippen LogP contribution is 2.19. The lowest BCUT2D eigenvalue weighted by molar-refractivity contribution is 0.178. The van der Waals surface area contributed by atoms with Gasteiger partial charge in [0.1, 0.15) is 0 Å². The molecule has 0 aromatic carbocycles. The molecule has 0 saturated carbocycles. The fourth-order valence-electron chi connectivity index (χ4n) is 3.40. The molecular weight excluding hydrogens is 350 g/mol. The van der Waals surface area contributed by atoms with Crippen LogP contribution in [0.4, 0.5) is 0 Å². The summed E-state index contributed by atoms with van der Waals surface area (Å²) in [5.41, 5.74) is 0. The zero-order valence-electron chi connectivity index (χ0n) is 17.5. The molecule has 7 nitrogen and oxygen atoms in total. The zero-order valence-corrected chi connectivity index (χ0v) is 18.3. The van der Waals surface area contributed by atoms with Crippen molar-refractivity contribution >= 4 is 16.0 Å². The molecule has 0 spiro atoms. The number of aliphatic imine (C=N–C) groups is 1. The van der Waals surface area contributed by atoms with Crippen LogP contribution in [0, 0.1) is 5.92 Å². The minimum atomic E-state index is -3.06. The average Bonchev–Trinajstić information content (AvgIpc) is 2.55. The SMILES string of the molecule is CCNC(=NCC1CCN(S(C)(=O)=O)CC1)NCCN(C(C)C)C(C)C. The van der Waals surface area contributed by atoms with Gasteiger partial charge in [-0.05, 0) is 53.4 Å². The summed E-state index contributed by atoms with van der Waals surface area (Å²) < 4.78 is 24.7. The Morgan fingerprint density at radius 1 is 1.15 bits per heavy atom. The second-order valence-electron chi connectivity index (χ2n) is 7.68. The first-order valence-electron chi connectivity index (χ1n) is 9.88. The number of hydrogen-bond acceptors (Lipinski definition) is 4. The van der Waals surface area contributed by atoms with Crippen LogP contribution in [0.25, 0.3) is 0 Å². The van der Waals surface area contributed by atoms with Gasteiger partial charge in [-0.15, -0.1) is 0 Å². The van der Waals surface area contributed by atoms with Crippen molar-refractivity contribution < 1.29 is 8.42 Å². The van der Waals surface area contributed by atoms with Gasteiger partial charge in [-0.2, -0.15) is 0 Å². The first kappa shape index (κ1) is 23.2. The highest BCUT2D eigenvalue weighted by atomic mass is 32.2. The summed E-state index contributed by atoms with van der Waals surface area (Å²) in [5, 5.41) is 6.73. The molecule has 0 amide bonds. The molecule has 0 radical (unpaired) electrons. The van der Waals surface area contributed by atoms with Crippen molar-refractivity contribution in [3.8, 4) is 0 Å². The molecule has 1 fully saturated rings. The molecule has 8 heteroatoms. The standard InChI is InChI=1S/C18H39N5O2S/c1-7-19-18(20-10-13-23(15(2)3)16(4)5)21-14-17-8-11-22(12-9-17)26(6,24)25/h15-17H,7-14H2,1-6H3,(H2,19,20,21). The Morgan fingerprint density at radius 2 is 1.73 bits per heavy atom. The highest BCUT2D eigenvalue weighted by Gasteiger charge is 2.24. The highest BCUT2D eigenvalue weighted by molar-refractivity contribution is 7.88. The Kier molecular flexibility index (Phi) is 9.89. The van der Waals surface area contributed by atoms with Gasteiger partial charge in [0.25, 0.3) is 0 Å². The molecule has 0 aliphatic carbocycles. The smallest absolute Gasteiger partial charge is 0.211 e. The Morgan fingerprint density at radius 3 is 2.19 bits per heavy atom. The van der Waals surface area contributed by atoms with Gasteiger partial charge in [0.2, 0.25) is 10.0 Å². The van der Waals surface area contributed by atoms with Crippen LogP contribution < -0.4 is 10.6 Å². The monoisotopic (exact) mass is 389 g/mol. The van der Waals surface area contributed by atoms with Crippen LogP contribution in [0.5, 0.6) is 0 Å². The first-order valence-corrected chi connectivity index (χ1v) is 11.7. The minimum Gasteiger partial charge on any atom is -0.357 e. The van der Waals surface area contributed by atoms with Gasteiger partial charge in [0.05, 0.1) is 6.26 Å². The van der Waals surface area contributed by atoms with E-state index < -0.39 is 10.0 Å². The van der Waals surface area contributed by atoms with E-state index in [1.54, 1.807) is 4.31 Å². The lowest BCUT2D eigenvalue weighted by Crippen LogP contribution is -2.45. The van der Waals surface area contributed by atoms with Crippen molar-refractivity contribution in [1.29, 1.82) is 0 Å². The fraction of sp³-hybridized carbons (Fsp3) is 0.944. The van der Waals surface area contributed by atoms with Gasteiger partial charge in [-0.1, -0.05) is 0 Å². The van der Waals surface area contributed by atoms with E-state index in [2.05, 4.69) is 50.2 Å². The van der Waals surface area contributed by atoms with E-state index in [9.17, 15) is 8.42 Å². The molecule has 0 unspecified atom stereocenters. The molecule has 1 heterocycles. The molecule has 2 N–H and O–H groups in total. The Labute approximate surface area is 160 Å². The van der Waals surface area contributed by atoms with E-state index in [0.29, 0.717) is 31.1 Å². The minimum absolute atomic E-state index is 0.450. The van der Waals surface area contributed by atoms with E-state index in [0.717, 1.165) is 45.0 Å². The van der Waals surface area contributed by atoms with Crippen LogP contribution in [0.1, 0.15) is 47.5 Å². The van der Waals surface area contributed by atoms with Gasteiger partial charge < -0.3 is 10.6 Å². The van der Waals surface area contributed by atoms with Gasteiger partial charge in [-0.3, -0.25) is 9.89 Å². The third kappa shape index (κ3) is 8.22. The van der Waals surface area contributed by atoms with Crippen molar-refractivity contribution in [3.05, 3.63) is 0 Å². The summed E-state index contributed by atoms with van der Waals surface area (Å²) in [6.07, 6.45) is 3.05. The first-order chi connectivity index (χ1) is 12.1. The average molecular weight is 390 g/mol. The second-order valence-corrected chi connectivity index (χ2v) is 9.66. The maximum Gasteiger partial charge on any atom is 0.211 e. The summed E-state index contributed by atoms with van der Waals surface area (Å²) >= 11 is 0. The molecule has 0 bridgehead atoms. The molecule has 1 aliphatic rings. The van der Waals surface area contributed by atoms with Crippen molar-refractivity contribution in [2.24, 2.45) is 10.9 Å². The summed E-state index contributed by atoms with van der Waals surface area (Å²) in [6, 6.07) is 1.05. The molecular formula is C18H39N5O2S. The molecule has 154 valence electrons. The van der Waals surface area contributed by atoms with Gasteiger partial charge >= 0.3 is 0 Å². The third-order valence-corrected chi connectivity index (χ3v) is 6.19. The van der Waals surface area contributed by atoms with Crippen LogP contribution in [0.3, 0.4) is 0 Å². The number of hydrogen-bond donors (Lipinski definition) is 2. The van der Waals surface area contributed by atoms with Crippen LogP contribution in [-0.2, 0) is 10.0 Å². The topological polar surface area (TPSA) is 77.0 Å². The predicted octanol–water partition coefficient (Wildman–Crippen LogP) is 1.33. The zero-order chi connectivity index (χ0) is 19.7. The van der Waals surface area contributed by atoms with Crippen LogP contribution >= 0.6 is 0 Å². The number of nitrogens with one attached hydrogen (secondary N) is 2. The molecule has 1 saturated heterocycles. The van der Waals surface area contributed by atoms with Gasteiger partial charge in [0.15, 0.2) is 5.96 Å². The maximum atomic E-state index is 11.6. The molecule has 0 aromatic heterocycles. The largest absolute Gasteiger partial charge is 0.357 e. The molecule has 1 aliphatic heterocycles. The normalized spacial score (nSPS) is 18.1. The lowest BCUT2D eigenvalue weighted by Gasteiger charge is -2.31.